The lowest BCUT2D eigenvalue weighted by atomic mass is 9.99. The summed E-state index contributed by atoms with van der Waals surface area (Å²) in [5, 5.41) is 13.2. The van der Waals surface area contributed by atoms with Crippen LogP contribution in [-0.2, 0) is 29.2 Å². The Morgan fingerprint density at radius 2 is 1.97 bits per heavy atom. The van der Waals surface area contributed by atoms with Gasteiger partial charge in [0.25, 0.3) is 5.56 Å². The third-order valence-electron chi connectivity index (χ3n) is 6.27. The minimum Gasteiger partial charge on any atom is -0.468 e. The normalized spacial score (nSPS) is 12.5. The van der Waals surface area contributed by atoms with Gasteiger partial charge in [-0.3, -0.25) is 14.5 Å². The van der Waals surface area contributed by atoms with Crippen molar-refractivity contribution in [1.29, 1.82) is 0 Å². The van der Waals surface area contributed by atoms with Crippen LogP contribution in [0.4, 0.5) is 0 Å². The molecule has 0 amide bonds. The van der Waals surface area contributed by atoms with Gasteiger partial charge in [-0.15, -0.1) is 5.10 Å². The van der Waals surface area contributed by atoms with E-state index in [0.29, 0.717) is 24.5 Å². The molecule has 190 valence electrons. The van der Waals surface area contributed by atoms with Crippen LogP contribution in [0.3, 0.4) is 0 Å². The Kier molecular flexibility index (Phi) is 7.64. The second kappa shape index (κ2) is 10.9. The van der Waals surface area contributed by atoms with Gasteiger partial charge in [0, 0.05) is 17.5 Å². The third-order valence-corrected chi connectivity index (χ3v) is 6.27. The summed E-state index contributed by atoms with van der Waals surface area (Å²) in [5.74, 6) is 0.904. The molecular weight excluding hydrogens is 460 g/mol. The molecule has 3 aromatic heterocycles. The van der Waals surface area contributed by atoms with Crippen molar-refractivity contribution in [2.45, 2.75) is 60.3 Å². The highest BCUT2D eigenvalue weighted by Gasteiger charge is 2.31. The summed E-state index contributed by atoms with van der Waals surface area (Å²) in [6.07, 6.45) is 1.62. The first-order valence-corrected chi connectivity index (χ1v) is 12.1. The first kappa shape index (κ1) is 25.3. The summed E-state index contributed by atoms with van der Waals surface area (Å²) in [5.41, 5.74) is 3.43. The predicted octanol–water partition coefficient (Wildman–Crippen LogP) is 3.69. The van der Waals surface area contributed by atoms with Crippen LogP contribution in [0.2, 0.25) is 0 Å². The van der Waals surface area contributed by atoms with E-state index in [1.165, 1.54) is 4.68 Å². The molecule has 0 aliphatic carbocycles. The fraction of sp³-hybridized carbons (Fsp3) is 0.423. The van der Waals surface area contributed by atoms with Crippen LogP contribution in [0.5, 0.6) is 0 Å². The van der Waals surface area contributed by atoms with Crippen LogP contribution < -0.4 is 5.56 Å². The topological polar surface area (TPSA) is 119 Å². The minimum absolute atomic E-state index is 0.0513. The van der Waals surface area contributed by atoms with Gasteiger partial charge in [-0.2, -0.15) is 0 Å². The van der Waals surface area contributed by atoms with E-state index in [0.717, 1.165) is 27.8 Å². The number of esters is 1. The molecule has 4 rings (SSSR count). The van der Waals surface area contributed by atoms with Gasteiger partial charge in [0.15, 0.2) is 5.82 Å². The molecule has 4 aromatic rings. The van der Waals surface area contributed by atoms with E-state index in [9.17, 15) is 9.59 Å². The molecule has 0 radical (unpaired) electrons. The lowest BCUT2D eigenvalue weighted by Crippen LogP contribution is -2.35. The maximum atomic E-state index is 13.2. The van der Waals surface area contributed by atoms with Crippen LogP contribution in [0, 0.1) is 19.8 Å². The summed E-state index contributed by atoms with van der Waals surface area (Å²) in [4.78, 5) is 30.6. The molecule has 0 fully saturated rings. The van der Waals surface area contributed by atoms with E-state index in [4.69, 9.17) is 9.15 Å². The van der Waals surface area contributed by atoms with Crippen molar-refractivity contribution in [3.63, 3.8) is 0 Å². The largest absolute Gasteiger partial charge is 0.468 e. The highest BCUT2D eigenvalue weighted by molar-refractivity contribution is 5.85. The molecule has 0 aliphatic heterocycles. The van der Waals surface area contributed by atoms with Gasteiger partial charge in [0.1, 0.15) is 12.3 Å². The molecule has 0 aliphatic rings. The average molecular weight is 493 g/mol. The number of nitrogens with one attached hydrogen (secondary N) is 1. The van der Waals surface area contributed by atoms with Crippen molar-refractivity contribution in [3.8, 4) is 0 Å². The number of rotatable bonds is 10. The van der Waals surface area contributed by atoms with E-state index in [1.54, 1.807) is 13.2 Å². The summed E-state index contributed by atoms with van der Waals surface area (Å²) >= 11 is 0. The highest BCUT2D eigenvalue weighted by Crippen LogP contribution is 2.30. The molecule has 1 atom stereocenters. The molecule has 10 heteroatoms. The van der Waals surface area contributed by atoms with Gasteiger partial charge in [0.2, 0.25) is 0 Å². The Labute approximate surface area is 209 Å². The van der Waals surface area contributed by atoms with Crippen molar-refractivity contribution in [2.75, 3.05) is 6.61 Å². The van der Waals surface area contributed by atoms with Crippen LogP contribution in [0.25, 0.3) is 10.9 Å². The van der Waals surface area contributed by atoms with Crippen molar-refractivity contribution in [1.82, 2.24) is 30.1 Å². The summed E-state index contributed by atoms with van der Waals surface area (Å²) < 4.78 is 12.2. The zero-order valence-corrected chi connectivity index (χ0v) is 21.3. The number of hydrogen-bond donors (Lipinski definition) is 1. The molecule has 0 saturated heterocycles. The quantitative estimate of drug-likeness (QED) is 0.333. The SMILES string of the molecule is CCOC(=O)Cn1nnnc1[C@@H](C(C)C)N(Cc1ccco1)Cc1cc2c(C)ccc(C)c2[nH]c1=O. The lowest BCUT2D eigenvalue weighted by molar-refractivity contribution is -0.144. The first-order chi connectivity index (χ1) is 17.3. The molecule has 0 unspecified atom stereocenters. The van der Waals surface area contributed by atoms with Gasteiger partial charge in [-0.1, -0.05) is 26.0 Å². The second-order valence-corrected chi connectivity index (χ2v) is 9.28. The molecule has 0 spiro atoms. The number of hydrogen-bond acceptors (Lipinski definition) is 8. The number of carbonyl (C=O) groups is 1. The Bertz CT molecular complexity index is 1390. The molecule has 0 saturated carbocycles. The number of carbonyl (C=O) groups excluding carboxylic acids is 1. The smallest absolute Gasteiger partial charge is 0.327 e. The molecule has 36 heavy (non-hydrogen) atoms. The Morgan fingerprint density at radius 1 is 1.19 bits per heavy atom. The zero-order valence-electron chi connectivity index (χ0n) is 21.3. The number of pyridine rings is 1. The van der Waals surface area contributed by atoms with E-state index < -0.39 is 5.97 Å². The number of furan rings is 1. The van der Waals surface area contributed by atoms with E-state index >= 15 is 0 Å². The number of nitrogens with zero attached hydrogens (tertiary/aromatic N) is 5. The third kappa shape index (κ3) is 5.38. The summed E-state index contributed by atoms with van der Waals surface area (Å²) in [6.45, 7) is 10.8. The number of aromatic nitrogens is 5. The van der Waals surface area contributed by atoms with Crippen molar-refractivity contribution >= 4 is 16.9 Å². The van der Waals surface area contributed by atoms with Gasteiger partial charge in [-0.25, -0.2) is 4.68 Å². The number of benzene rings is 1. The fourth-order valence-corrected chi connectivity index (χ4v) is 4.56. The van der Waals surface area contributed by atoms with Gasteiger partial charge in [-0.05, 0) is 66.4 Å². The lowest BCUT2D eigenvalue weighted by Gasteiger charge is -2.32. The van der Waals surface area contributed by atoms with Crippen molar-refractivity contribution in [3.05, 3.63) is 75.2 Å². The average Bonchev–Trinajstić information content (AvgIpc) is 3.50. The number of aryl methyl sites for hydroxylation is 2. The Morgan fingerprint density at radius 3 is 2.67 bits per heavy atom. The van der Waals surface area contributed by atoms with Gasteiger partial charge >= 0.3 is 5.97 Å². The van der Waals surface area contributed by atoms with Crippen LogP contribution >= 0.6 is 0 Å². The maximum Gasteiger partial charge on any atom is 0.327 e. The van der Waals surface area contributed by atoms with Gasteiger partial charge in [0.05, 0.1) is 31.0 Å². The number of H-pyrrole nitrogens is 1. The van der Waals surface area contributed by atoms with E-state index in [-0.39, 0.29) is 30.7 Å². The molecule has 10 nitrogen and oxygen atoms in total. The molecular formula is C26H32N6O4. The number of ether oxygens (including phenoxy) is 1. The van der Waals surface area contributed by atoms with Crippen LogP contribution in [0.1, 0.15) is 55.1 Å². The van der Waals surface area contributed by atoms with Crippen molar-refractivity contribution in [2.24, 2.45) is 5.92 Å². The van der Waals surface area contributed by atoms with Gasteiger partial charge < -0.3 is 14.1 Å². The van der Waals surface area contributed by atoms with Crippen LogP contribution in [-0.4, -0.2) is 42.7 Å². The molecule has 3 heterocycles. The van der Waals surface area contributed by atoms with E-state index in [1.807, 2.05) is 38.1 Å². The maximum absolute atomic E-state index is 13.2. The standard InChI is InChI=1S/C26H32N6O4/c1-6-35-22(33)15-32-25(28-29-30-32)24(16(2)3)31(14-20-8-7-11-36-20)13-19-12-21-17(4)9-10-18(5)23(21)27-26(19)34/h7-12,16,24H,6,13-15H2,1-5H3,(H,27,34)/t24-/m1/s1. The molecule has 1 aromatic carbocycles. The first-order valence-electron chi connectivity index (χ1n) is 12.1. The molecule has 0 bridgehead atoms. The number of tetrazole rings is 1. The Hall–Kier alpha value is -3.79. The predicted molar refractivity (Wildman–Crippen MR) is 134 cm³/mol. The summed E-state index contributed by atoms with van der Waals surface area (Å²) in [6, 6.07) is 9.44. The second-order valence-electron chi connectivity index (χ2n) is 9.28. The minimum atomic E-state index is -0.414. The number of aromatic amines is 1. The summed E-state index contributed by atoms with van der Waals surface area (Å²) in [7, 11) is 0. The highest BCUT2D eigenvalue weighted by atomic mass is 16.5. The molecule has 1 N–H and O–H groups in total. The van der Waals surface area contributed by atoms with E-state index in [2.05, 4.69) is 45.3 Å². The van der Waals surface area contributed by atoms with Crippen molar-refractivity contribution < 1.29 is 13.9 Å². The number of fused-ring (bicyclic) bond motifs is 1. The Balaban J connectivity index is 1.76. The monoisotopic (exact) mass is 492 g/mol. The van der Waals surface area contributed by atoms with Crippen LogP contribution in [0.15, 0.2) is 45.8 Å². The fourth-order valence-electron chi connectivity index (χ4n) is 4.56. The zero-order chi connectivity index (χ0) is 25.8.